The maximum atomic E-state index is 3.69. The molecule has 1 saturated carbocycles. The molecule has 1 heteroatoms. The maximum absolute atomic E-state index is 3.69. The first-order valence-electron chi connectivity index (χ1n) is 6.14. The summed E-state index contributed by atoms with van der Waals surface area (Å²) in [6.07, 6.45) is 4.20. The number of rotatable bonds is 6. The third-order valence-corrected chi connectivity index (χ3v) is 3.19. The molecule has 0 amide bonds. The monoisotopic (exact) mass is 197 g/mol. The van der Waals surface area contributed by atoms with Gasteiger partial charge in [0.25, 0.3) is 0 Å². The van der Waals surface area contributed by atoms with Gasteiger partial charge in [-0.15, -0.1) is 0 Å². The Labute approximate surface area is 89.7 Å². The fourth-order valence-corrected chi connectivity index (χ4v) is 2.38. The molecule has 0 aromatic carbocycles. The molecule has 1 aliphatic carbocycles. The third-order valence-electron chi connectivity index (χ3n) is 3.19. The number of hydrogen-bond acceptors (Lipinski definition) is 1. The summed E-state index contributed by atoms with van der Waals surface area (Å²) in [6, 6.07) is 0.737. The average Bonchev–Trinajstić information content (AvgIpc) is 2.79. The zero-order valence-electron chi connectivity index (χ0n) is 10.6. The van der Waals surface area contributed by atoms with Crippen LogP contribution in [-0.2, 0) is 0 Å². The topological polar surface area (TPSA) is 12.0 Å². The lowest BCUT2D eigenvalue weighted by Gasteiger charge is -2.29. The fourth-order valence-electron chi connectivity index (χ4n) is 2.38. The maximum Gasteiger partial charge on any atom is 0.00672 e. The fraction of sp³-hybridized carbons (Fsp3) is 1.00. The first-order valence-corrected chi connectivity index (χ1v) is 6.14. The highest BCUT2D eigenvalue weighted by atomic mass is 14.9. The first-order chi connectivity index (χ1) is 6.41. The van der Waals surface area contributed by atoms with Crippen LogP contribution in [-0.4, -0.2) is 12.6 Å². The molecule has 14 heavy (non-hydrogen) atoms. The van der Waals surface area contributed by atoms with E-state index in [9.17, 15) is 0 Å². The molecule has 1 rings (SSSR count). The molecule has 84 valence electrons. The predicted molar refractivity (Wildman–Crippen MR) is 63.4 cm³/mol. The van der Waals surface area contributed by atoms with E-state index in [1.54, 1.807) is 0 Å². The molecule has 0 spiro atoms. The third kappa shape index (κ3) is 4.45. The molecule has 0 radical (unpaired) electrons. The summed E-state index contributed by atoms with van der Waals surface area (Å²) in [5, 5.41) is 3.69. The van der Waals surface area contributed by atoms with Crippen molar-refractivity contribution in [2.75, 3.05) is 6.54 Å². The molecular weight excluding hydrogens is 170 g/mol. The molecule has 0 heterocycles. The van der Waals surface area contributed by atoms with Crippen molar-refractivity contribution in [2.45, 2.75) is 59.9 Å². The Balaban J connectivity index is 2.20. The summed E-state index contributed by atoms with van der Waals surface area (Å²) < 4.78 is 0. The van der Waals surface area contributed by atoms with Gasteiger partial charge in [0.15, 0.2) is 0 Å². The van der Waals surface area contributed by atoms with E-state index in [-0.39, 0.29) is 0 Å². The normalized spacial score (nSPS) is 20.1. The lowest BCUT2D eigenvalue weighted by Crippen LogP contribution is -2.37. The largest absolute Gasteiger partial charge is 0.313 e. The second kappa shape index (κ2) is 4.65. The molecule has 1 unspecified atom stereocenters. The summed E-state index contributed by atoms with van der Waals surface area (Å²) in [7, 11) is 0. The van der Waals surface area contributed by atoms with E-state index < -0.39 is 0 Å². The second-order valence-corrected chi connectivity index (χ2v) is 6.27. The molecule has 0 aromatic heterocycles. The molecule has 1 atom stereocenters. The van der Waals surface area contributed by atoms with E-state index in [1.165, 1.54) is 25.8 Å². The Bertz CT molecular complexity index is 168. The molecule has 1 aliphatic rings. The predicted octanol–water partition coefficient (Wildman–Crippen LogP) is 3.45. The minimum atomic E-state index is 0.456. The summed E-state index contributed by atoms with van der Waals surface area (Å²) in [4.78, 5) is 0. The van der Waals surface area contributed by atoms with Crippen molar-refractivity contribution in [3.05, 3.63) is 0 Å². The minimum absolute atomic E-state index is 0.456. The molecule has 1 nitrogen and oxygen atoms in total. The lowest BCUT2D eigenvalue weighted by atomic mass is 9.84. The smallest absolute Gasteiger partial charge is 0.00672 e. The van der Waals surface area contributed by atoms with Crippen molar-refractivity contribution in [3.63, 3.8) is 0 Å². The van der Waals surface area contributed by atoms with Crippen LogP contribution in [0.4, 0.5) is 0 Å². The van der Waals surface area contributed by atoms with Crippen LogP contribution < -0.4 is 5.32 Å². The average molecular weight is 197 g/mol. The summed E-state index contributed by atoms with van der Waals surface area (Å²) >= 11 is 0. The van der Waals surface area contributed by atoms with Gasteiger partial charge in [0.05, 0.1) is 0 Å². The van der Waals surface area contributed by atoms with Crippen LogP contribution in [0.25, 0.3) is 0 Å². The summed E-state index contributed by atoms with van der Waals surface area (Å²) in [6.45, 7) is 12.9. The van der Waals surface area contributed by atoms with E-state index in [1.807, 2.05) is 0 Å². The molecule has 0 aliphatic heterocycles. The van der Waals surface area contributed by atoms with Crippen molar-refractivity contribution >= 4 is 0 Å². The van der Waals surface area contributed by atoms with E-state index in [0.717, 1.165) is 17.9 Å². The molecule has 0 saturated heterocycles. The SMILES string of the molecule is CC(C)CC(C)(C)CNC(C)C1CC1. The van der Waals surface area contributed by atoms with Gasteiger partial charge in [0.1, 0.15) is 0 Å². The van der Waals surface area contributed by atoms with Crippen LogP contribution in [0, 0.1) is 17.3 Å². The van der Waals surface area contributed by atoms with E-state index in [2.05, 4.69) is 39.9 Å². The zero-order valence-corrected chi connectivity index (χ0v) is 10.6. The van der Waals surface area contributed by atoms with Gasteiger partial charge in [-0.3, -0.25) is 0 Å². The summed E-state index contributed by atoms with van der Waals surface area (Å²) in [5.41, 5.74) is 0.456. The minimum Gasteiger partial charge on any atom is -0.313 e. The standard InChI is InChI=1S/C13H27N/c1-10(2)8-13(4,5)9-14-11(3)12-6-7-12/h10-12,14H,6-9H2,1-5H3. The van der Waals surface area contributed by atoms with Gasteiger partial charge in [-0.05, 0) is 43.4 Å². The van der Waals surface area contributed by atoms with Crippen molar-refractivity contribution in [1.29, 1.82) is 0 Å². The van der Waals surface area contributed by atoms with Crippen LogP contribution in [0.5, 0.6) is 0 Å². The van der Waals surface area contributed by atoms with E-state index in [0.29, 0.717) is 5.41 Å². The van der Waals surface area contributed by atoms with E-state index in [4.69, 9.17) is 0 Å². The van der Waals surface area contributed by atoms with E-state index >= 15 is 0 Å². The van der Waals surface area contributed by atoms with Gasteiger partial charge in [0.2, 0.25) is 0 Å². The lowest BCUT2D eigenvalue weighted by molar-refractivity contribution is 0.259. The first kappa shape index (κ1) is 12.0. The van der Waals surface area contributed by atoms with Crippen molar-refractivity contribution < 1.29 is 0 Å². The van der Waals surface area contributed by atoms with Crippen LogP contribution in [0.3, 0.4) is 0 Å². The Kier molecular flexibility index (Phi) is 4.00. The van der Waals surface area contributed by atoms with Crippen molar-refractivity contribution in [3.8, 4) is 0 Å². The number of hydrogen-bond donors (Lipinski definition) is 1. The van der Waals surface area contributed by atoms with Crippen LogP contribution in [0.15, 0.2) is 0 Å². The second-order valence-electron chi connectivity index (χ2n) is 6.27. The van der Waals surface area contributed by atoms with Crippen molar-refractivity contribution in [1.82, 2.24) is 5.32 Å². The Morgan fingerprint density at radius 3 is 2.21 bits per heavy atom. The van der Waals surface area contributed by atoms with Crippen LogP contribution >= 0.6 is 0 Å². The van der Waals surface area contributed by atoms with Gasteiger partial charge in [-0.1, -0.05) is 27.7 Å². The molecule has 0 bridgehead atoms. The molecule has 1 N–H and O–H groups in total. The highest BCUT2D eigenvalue weighted by Crippen LogP contribution is 2.33. The van der Waals surface area contributed by atoms with Gasteiger partial charge in [-0.25, -0.2) is 0 Å². The highest BCUT2D eigenvalue weighted by molar-refractivity contribution is 4.85. The van der Waals surface area contributed by atoms with Gasteiger partial charge in [-0.2, -0.15) is 0 Å². The van der Waals surface area contributed by atoms with Crippen molar-refractivity contribution in [2.24, 2.45) is 17.3 Å². The quantitative estimate of drug-likeness (QED) is 0.688. The van der Waals surface area contributed by atoms with Crippen LogP contribution in [0.2, 0.25) is 0 Å². The Morgan fingerprint density at radius 2 is 1.79 bits per heavy atom. The number of nitrogens with one attached hydrogen (secondary N) is 1. The zero-order chi connectivity index (χ0) is 10.8. The molecule has 0 aromatic rings. The molecule has 1 fully saturated rings. The highest BCUT2D eigenvalue weighted by Gasteiger charge is 2.29. The Morgan fingerprint density at radius 1 is 1.21 bits per heavy atom. The van der Waals surface area contributed by atoms with Gasteiger partial charge < -0.3 is 5.32 Å². The van der Waals surface area contributed by atoms with Gasteiger partial charge in [0, 0.05) is 12.6 Å². The molecular formula is C13H27N. The summed E-state index contributed by atoms with van der Waals surface area (Å²) in [5.74, 6) is 1.79. The van der Waals surface area contributed by atoms with Gasteiger partial charge >= 0.3 is 0 Å². The Hall–Kier alpha value is -0.0400. The van der Waals surface area contributed by atoms with Crippen LogP contribution in [0.1, 0.15) is 53.9 Å².